The molecule has 1 fully saturated rings. The maximum Gasteiger partial charge on any atom is 0.408 e. The number of rotatable bonds is 14. The summed E-state index contributed by atoms with van der Waals surface area (Å²) >= 11 is 0. The largest absolute Gasteiger partial charge is 0.497 e. The van der Waals surface area contributed by atoms with E-state index in [4.69, 9.17) is 9.47 Å². The standard InChI is InChI=1S/C35H39N5O5/c1-44-30-17-15-25(16-18-30)21-40(22-32(41)39-33(28-13-8-14-28)27-11-6-3-7-12-27)34(42)31(19-29-20-36-24-37-29)38-35(43)45-23-26-9-4-2-5-10-26/h2-7,9-12,15-18,20,24,28,31,33H,8,13-14,19,21-23H2,1H3,(H,36,37)(H,38,43)(H,39,41)/t31-,33+/m0/s1. The molecule has 1 aliphatic carbocycles. The van der Waals surface area contributed by atoms with Crippen molar-refractivity contribution in [1.29, 1.82) is 0 Å². The third kappa shape index (κ3) is 8.95. The van der Waals surface area contributed by atoms with Gasteiger partial charge in [-0.05, 0) is 47.6 Å². The Morgan fingerprint density at radius 1 is 0.933 bits per heavy atom. The molecule has 45 heavy (non-hydrogen) atoms. The van der Waals surface area contributed by atoms with E-state index in [2.05, 4.69) is 20.6 Å². The minimum absolute atomic E-state index is 0.0532. The molecule has 1 aliphatic rings. The van der Waals surface area contributed by atoms with E-state index in [9.17, 15) is 14.4 Å². The van der Waals surface area contributed by atoms with Crippen molar-refractivity contribution in [2.45, 2.75) is 50.9 Å². The first kappa shape index (κ1) is 31.3. The molecule has 5 rings (SSSR count). The molecule has 0 bridgehead atoms. The Hall–Kier alpha value is -5.12. The van der Waals surface area contributed by atoms with Crippen LogP contribution in [0.4, 0.5) is 4.79 Å². The van der Waals surface area contributed by atoms with Gasteiger partial charge in [-0.2, -0.15) is 0 Å². The van der Waals surface area contributed by atoms with Gasteiger partial charge in [-0.15, -0.1) is 0 Å². The fourth-order valence-corrected chi connectivity index (χ4v) is 5.41. The third-order valence-corrected chi connectivity index (χ3v) is 8.06. The molecule has 234 valence electrons. The first-order valence-electron chi connectivity index (χ1n) is 15.2. The van der Waals surface area contributed by atoms with Gasteiger partial charge in [-0.25, -0.2) is 9.78 Å². The molecule has 0 radical (unpaired) electrons. The fraction of sp³-hybridized carbons (Fsp3) is 0.314. The van der Waals surface area contributed by atoms with Crippen molar-refractivity contribution < 1.29 is 23.9 Å². The number of amides is 3. The Labute approximate surface area is 263 Å². The molecular weight excluding hydrogens is 570 g/mol. The van der Waals surface area contributed by atoms with Crippen LogP contribution in [-0.4, -0.2) is 52.5 Å². The van der Waals surface area contributed by atoms with Gasteiger partial charge < -0.3 is 30.0 Å². The maximum absolute atomic E-state index is 14.2. The normalized spacial score (nSPS) is 14.0. The van der Waals surface area contributed by atoms with Crippen LogP contribution in [-0.2, 0) is 33.9 Å². The molecule has 0 saturated heterocycles. The predicted molar refractivity (Wildman–Crippen MR) is 169 cm³/mol. The van der Waals surface area contributed by atoms with Crippen molar-refractivity contribution in [3.8, 4) is 5.75 Å². The maximum atomic E-state index is 14.2. The highest BCUT2D eigenvalue weighted by Gasteiger charge is 2.32. The van der Waals surface area contributed by atoms with Gasteiger partial charge >= 0.3 is 6.09 Å². The summed E-state index contributed by atoms with van der Waals surface area (Å²) in [4.78, 5) is 49.3. The Kier molecular flexibility index (Phi) is 10.8. The Morgan fingerprint density at radius 2 is 1.64 bits per heavy atom. The smallest absolute Gasteiger partial charge is 0.408 e. The van der Waals surface area contributed by atoms with E-state index in [0.29, 0.717) is 17.4 Å². The first-order valence-corrected chi connectivity index (χ1v) is 15.2. The summed E-state index contributed by atoms with van der Waals surface area (Å²) in [5.74, 6) is 0.327. The lowest BCUT2D eigenvalue weighted by atomic mass is 9.77. The topological polar surface area (TPSA) is 126 Å². The summed E-state index contributed by atoms with van der Waals surface area (Å²) in [7, 11) is 1.59. The number of H-pyrrole nitrogens is 1. The number of carbonyl (C=O) groups excluding carboxylic acids is 3. The second-order valence-electron chi connectivity index (χ2n) is 11.2. The SMILES string of the molecule is COc1ccc(CN(CC(=O)N[C@H](c2ccccc2)C2CCC2)C(=O)[C@H](Cc2cnc[nH]2)NC(=O)OCc2ccccc2)cc1. The van der Waals surface area contributed by atoms with Crippen LogP contribution >= 0.6 is 0 Å². The molecule has 0 spiro atoms. The van der Waals surface area contributed by atoms with Crippen LogP contribution in [0, 0.1) is 5.92 Å². The van der Waals surface area contributed by atoms with Gasteiger partial charge in [0.25, 0.3) is 0 Å². The number of hydrogen-bond donors (Lipinski definition) is 3. The number of carbonyl (C=O) groups is 3. The Bertz CT molecular complexity index is 1510. The van der Waals surface area contributed by atoms with Gasteiger partial charge in [-0.1, -0.05) is 79.2 Å². The lowest BCUT2D eigenvalue weighted by Gasteiger charge is -2.35. The van der Waals surface area contributed by atoms with E-state index in [1.807, 2.05) is 72.8 Å². The number of alkyl carbamates (subject to hydrolysis) is 1. The molecular formula is C35H39N5O5. The van der Waals surface area contributed by atoms with E-state index < -0.39 is 18.0 Å². The highest BCUT2D eigenvalue weighted by Crippen LogP contribution is 2.37. The second-order valence-corrected chi connectivity index (χ2v) is 11.2. The zero-order valence-electron chi connectivity index (χ0n) is 25.4. The van der Waals surface area contributed by atoms with Crippen molar-refractivity contribution in [3.63, 3.8) is 0 Å². The van der Waals surface area contributed by atoms with Crippen LogP contribution in [0.15, 0.2) is 97.5 Å². The van der Waals surface area contributed by atoms with Crippen LogP contribution in [0.25, 0.3) is 0 Å². The van der Waals surface area contributed by atoms with E-state index in [1.54, 1.807) is 25.4 Å². The summed E-state index contributed by atoms with van der Waals surface area (Å²) in [5.41, 5.74) is 3.33. The lowest BCUT2D eigenvalue weighted by Crippen LogP contribution is -2.52. The van der Waals surface area contributed by atoms with E-state index in [0.717, 1.165) is 36.0 Å². The van der Waals surface area contributed by atoms with Crippen molar-refractivity contribution >= 4 is 17.9 Å². The number of nitrogens with one attached hydrogen (secondary N) is 3. The van der Waals surface area contributed by atoms with E-state index in [1.165, 1.54) is 11.2 Å². The average molecular weight is 610 g/mol. The molecule has 3 N–H and O–H groups in total. The third-order valence-electron chi connectivity index (χ3n) is 8.06. The van der Waals surface area contributed by atoms with Crippen LogP contribution in [0.3, 0.4) is 0 Å². The highest BCUT2D eigenvalue weighted by atomic mass is 16.5. The number of aromatic nitrogens is 2. The van der Waals surface area contributed by atoms with Gasteiger partial charge in [0.15, 0.2) is 0 Å². The molecule has 10 nitrogen and oxygen atoms in total. The van der Waals surface area contributed by atoms with Crippen molar-refractivity contribution in [2.75, 3.05) is 13.7 Å². The molecule has 0 aliphatic heterocycles. The highest BCUT2D eigenvalue weighted by molar-refractivity contribution is 5.90. The minimum Gasteiger partial charge on any atom is -0.497 e. The number of nitrogens with zero attached hydrogens (tertiary/aromatic N) is 2. The zero-order chi connectivity index (χ0) is 31.4. The lowest BCUT2D eigenvalue weighted by molar-refractivity contribution is -0.138. The molecule has 10 heteroatoms. The van der Waals surface area contributed by atoms with Gasteiger partial charge in [0, 0.05) is 24.9 Å². The number of imidazole rings is 1. The quantitative estimate of drug-likeness (QED) is 0.186. The van der Waals surface area contributed by atoms with Crippen LogP contribution in [0.5, 0.6) is 5.75 Å². The molecule has 3 amide bonds. The summed E-state index contributed by atoms with van der Waals surface area (Å²) in [5, 5.41) is 5.94. The van der Waals surface area contributed by atoms with Crippen molar-refractivity contribution in [2.24, 2.45) is 5.92 Å². The van der Waals surface area contributed by atoms with Crippen molar-refractivity contribution in [3.05, 3.63) is 120 Å². The van der Waals surface area contributed by atoms with Gasteiger partial charge in [0.05, 0.1) is 26.0 Å². The fourth-order valence-electron chi connectivity index (χ4n) is 5.41. The average Bonchev–Trinajstić information content (AvgIpc) is 3.56. The summed E-state index contributed by atoms with van der Waals surface area (Å²) in [6.07, 6.45) is 5.71. The molecule has 4 aromatic rings. The monoisotopic (exact) mass is 609 g/mol. The number of methoxy groups -OCH3 is 1. The predicted octanol–water partition coefficient (Wildman–Crippen LogP) is 4.94. The van der Waals surface area contributed by atoms with Gasteiger partial charge in [-0.3, -0.25) is 9.59 Å². The van der Waals surface area contributed by atoms with Gasteiger partial charge in [0.2, 0.25) is 11.8 Å². The van der Waals surface area contributed by atoms with E-state index >= 15 is 0 Å². The summed E-state index contributed by atoms with van der Waals surface area (Å²) in [6, 6.07) is 25.4. The Morgan fingerprint density at radius 3 is 2.27 bits per heavy atom. The van der Waals surface area contributed by atoms with Crippen LogP contribution in [0.1, 0.15) is 47.7 Å². The molecule has 1 heterocycles. The van der Waals surface area contributed by atoms with Crippen LogP contribution in [0.2, 0.25) is 0 Å². The van der Waals surface area contributed by atoms with Crippen LogP contribution < -0.4 is 15.4 Å². The number of aromatic amines is 1. The second kappa shape index (κ2) is 15.6. The summed E-state index contributed by atoms with van der Waals surface area (Å²) < 4.78 is 10.7. The van der Waals surface area contributed by atoms with E-state index in [-0.39, 0.29) is 38.1 Å². The summed E-state index contributed by atoms with van der Waals surface area (Å²) in [6.45, 7) is 0.00862. The first-order chi connectivity index (χ1) is 22.0. The zero-order valence-corrected chi connectivity index (χ0v) is 25.4. The molecule has 0 unspecified atom stereocenters. The molecule has 1 saturated carbocycles. The van der Waals surface area contributed by atoms with Crippen molar-refractivity contribution in [1.82, 2.24) is 25.5 Å². The number of hydrogen-bond acceptors (Lipinski definition) is 6. The molecule has 1 aromatic heterocycles. The number of ether oxygens (including phenoxy) is 2. The Balaban J connectivity index is 1.35. The number of benzene rings is 3. The minimum atomic E-state index is -1.02. The molecule has 3 aromatic carbocycles. The molecule has 2 atom stereocenters. The van der Waals surface area contributed by atoms with Gasteiger partial charge in [0.1, 0.15) is 18.4 Å².